The van der Waals surface area contributed by atoms with Gasteiger partial charge in [0, 0.05) is 22.0 Å². The lowest BCUT2D eigenvalue weighted by Crippen LogP contribution is -2.03. The van der Waals surface area contributed by atoms with Crippen molar-refractivity contribution in [3.63, 3.8) is 0 Å². The number of benzene rings is 2. The quantitative estimate of drug-likeness (QED) is 0.618. The van der Waals surface area contributed by atoms with E-state index in [1.54, 1.807) is 18.2 Å². The lowest BCUT2D eigenvalue weighted by atomic mass is 10.0. The van der Waals surface area contributed by atoms with E-state index in [4.69, 9.17) is 4.74 Å². The van der Waals surface area contributed by atoms with Crippen molar-refractivity contribution in [3.8, 4) is 5.75 Å². The highest BCUT2D eigenvalue weighted by molar-refractivity contribution is 9.08. The van der Waals surface area contributed by atoms with Gasteiger partial charge in [0.1, 0.15) is 5.75 Å². The normalized spacial score (nSPS) is 10.4. The van der Waals surface area contributed by atoms with Crippen molar-refractivity contribution < 1.29 is 18.3 Å². The number of alkyl halides is 1. The smallest absolute Gasteiger partial charge is 0.193 e. The summed E-state index contributed by atoms with van der Waals surface area (Å²) < 4.78 is 31.2. The minimum atomic E-state index is -1.04. The molecule has 0 saturated heterocycles. The molecule has 0 aromatic heterocycles. The Hall–Kier alpha value is -1.75. The van der Waals surface area contributed by atoms with E-state index >= 15 is 0 Å². The van der Waals surface area contributed by atoms with Crippen LogP contribution in [0, 0.1) is 11.6 Å². The number of halogens is 3. The highest BCUT2D eigenvalue weighted by atomic mass is 79.9. The number of carbonyl (C=O) groups excluding carboxylic acids is 1. The molecule has 0 unspecified atom stereocenters. The first-order chi connectivity index (χ1) is 9.56. The molecule has 0 spiro atoms. The van der Waals surface area contributed by atoms with Crippen molar-refractivity contribution in [1.29, 1.82) is 0 Å². The molecule has 0 bridgehead atoms. The van der Waals surface area contributed by atoms with E-state index in [1.165, 1.54) is 13.2 Å². The van der Waals surface area contributed by atoms with Crippen LogP contribution < -0.4 is 4.74 Å². The van der Waals surface area contributed by atoms with E-state index in [9.17, 15) is 13.6 Å². The monoisotopic (exact) mass is 340 g/mol. The van der Waals surface area contributed by atoms with E-state index in [-0.39, 0.29) is 11.3 Å². The molecule has 0 saturated carbocycles. The van der Waals surface area contributed by atoms with E-state index < -0.39 is 11.6 Å². The van der Waals surface area contributed by atoms with Gasteiger partial charge in [-0.15, -0.1) is 0 Å². The number of hydrogen-bond acceptors (Lipinski definition) is 2. The molecule has 0 amide bonds. The molecule has 104 valence electrons. The van der Waals surface area contributed by atoms with Gasteiger partial charge in [0.25, 0.3) is 0 Å². The van der Waals surface area contributed by atoms with Crippen LogP contribution in [0.3, 0.4) is 0 Å². The highest BCUT2D eigenvalue weighted by Gasteiger charge is 2.14. The van der Waals surface area contributed by atoms with E-state index in [2.05, 4.69) is 15.9 Å². The number of ether oxygens (including phenoxy) is 1. The largest absolute Gasteiger partial charge is 0.496 e. The SMILES string of the molecule is COc1cc(C(=O)c2ccc(F)c(F)c2)ccc1CBr. The fourth-order valence-corrected chi connectivity index (χ4v) is 2.26. The predicted octanol–water partition coefficient (Wildman–Crippen LogP) is 4.10. The summed E-state index contributed by atoms with van der Waals surface area (Å²) in [5.41, 5.74) is 1.35. The van der Waals surface area contributed by atoms with Crippen molar-refractivity contribution in [1.82, 2.24) is 0 Å². The first-order valence-corrected chi connectivity index (χ1v) is 6.91. The van der Waals surface area contributed by atoms with Gasteiger partial charge < -0.3 is 4.74 Å². The van der Waals surface area contributed by atoms with Crippen LogP contribution in [0.25, 0.3) is 0 Å². The Bertz CT molecular complexity index is 656. The first-order valence-electron chi connectivity index (χ1n) is 5.79. The molecular formula is C15H11BrF2O2. The second-order valence-electron chi connectivity index (χ2n) is 4.12. The van der Waals surface area contributed by atoms with Crippen LogP contribution in [0.15, 0.2) is 36.4 Å². The molecule has 0 fully saturated rings. The van der Waals surface area contributed by atoms with Gasteiger partial charge in [-0.05, 0) is 24.3 Å². The topological polar surface area (TPSA) is 26.3 Å². The average molecular weight is 341 g/mol. The summed E-state index contributed by atoms with van der Waals surface area (Å²) in [6.07, 6.45) is 0. The average Bonchev–Trinajstić information content (AvgIpc) is 2.48. The van der Waals surface area contributed by atoms with Gasteiger partial charge in [-0.2, -0.15) is 0 Å². The third kappa shape index (κ3) is 2.88. The molecule has 0 aliphatic carbocycles. The Morgan fingerprint density at radius 1 is 1.10 bits per heavy atom. The maximum absolute atomic E-state index is 13.2. The maximum Gasteiger partial charge on any atom is 0.193 e. The summed E-state index contributed by atoms with van der Waals surface area (Å²) in [7, 11) is 1.51. The van der Waals surface area contributed by atoms with Gasteiger partial charge in [0.15, 0.2) is 17.4 Å². The molecule has 2 aromatic carbocycles. The molecule has 0 aliphatic heterocycles. The van der Waals surface area contributed by atoms with Crippen LogP contribution in [-0.4, -0.2) is 12.9 Å². The predicted molar refractivity (Wildman–Crippen MR) is 75.4 cm³/mol. The summed E-state index contributed by atoms with van der Waals surface area (Å²) in [5.74, 6) is -1.84. The van der Waals surface area contributed by atoms with Crippen LogP contribution in [0.2, 0.25) is 0 Å². The fraction of sp³-hybridized carbons (Fsp3) is 0.133. The number of carbonyl (C=O) groups is 1. The highest BCUT2D eigenvalue weighted by Crippen LogP contribution is 2.24. The molecule has 2 rings (SSSR count). The molecule has 2 nitrogen and oxygen atoms in total. The van der Waals surface area contributed by atoms with E-state index in [1.807, 2.05) is 0 Å². The molecule has 0 N–H and O–H groups in total. The van der Waals surface area contributed by atoms with Crippen LogP contribution in [0.5, 0.6) is 5.75 Å². The Balaban J connectivity index is 2.40. The van der Waals surface area contributed by atoms with Crippen molar-refractivity contribution >= 4 is 21.7 Å². The molecule has 0 aliphatic rings. The Kier molecular flexibility index (Phi) is 4.49. The molecule has 5 heteroatoms. The molecule has 0 radical (unpaired) electrons. The fourth-order valence-electron chi connectivity index (χ4n) is 1.80. The third-order valence-electron chi connectivity index (χ3n) is 2.88. The zero-order valence-electron chi connectivity index (χ0n) is 10.6. The van der Waals surface area contributed by atoms with Gasteiger partial charge >= 0.3 is 0 Å². The molecule has 0 heterocycles. The number of methoxy groups -OCH3 is 1. The van der Waals surface area contributed by atoms with Crippen LogP contribution in [-0.2, 0) is 5.33 Å². The third-order valence-corrected chi connectivity index (χ3v) is 3.48. The molecule has 0 atom stereocenters. The Morgan fingerprint density at radius 3 is 2.35 bits per heavy atom. The van der Waals surface area contributed by atoms with E-state index in [0.717, 1.165) is 17.7 Å². The second-order valence-corrected chi connectivity index (χ2v) is 4.68. The lowest BCUT2D eigenvalue weighted by molar-refractivity contribution is 0.103. The second kappa shape index (κ2) is 6.13. The first kappa shape index (κ1) is 14.7. The summed E-state index contributed by atoms with van der Waals surface area (Å²) in [6, 6.07) is 8.05. The van der Waals surface area contributed by atoms with E-state index in [0.29, 0.717) is 16.6 Å². The van der Waals surface area contributed by atoms with Gasteiger partial charge in [-0.1, -0.05) is 28.1 Å². The molecule has 2 aromatic rings. The van der Waals surface area contributed by atoms with Crippen molar-refractivity contribution in [2.24, 2.45) is 0 Å². The minimum absolute atomic E-state index is 0.0949. The van der Waals surface area contributed by atoms with Crippen molar-refractivity contribution in [3.05, 3.63) is 64.7 Å². The van der Waals surface area contributed by atoms with Gasteiger partial charge in [0.2, 0.25) is 0 Å². The van der Waals surface area contributed by atoms with Gasteiger partial charge in [-0.3, -0.25) is 4.79 Å². The van der Waals surface area contributed by atoms with Crippen molar-refractivity contribution in [2.75, 3.05) is 7.11 Å². The summed E-state index contributed by atoms with van der Waals surface area (Å²) >= 11 is 3.32. The Morgan fingerprint density at radius 2 is 1.75 bits per heavy atom. The summed E-state index contributed by atoms with van der Waals surface area (Å²) in [5, 5.41) is 0.593. The zero-order valence-corrected chi connectivity index (χ0v) is 12.2. The number of hydrogen-bond donors (Lipinski definition) is 0. The zero-order chi connectivity index (χ0) is 14.7. The Labute approximate surface area is 123 Å². The van der Waals surface area contributed by atoms with Crippen LogP contribution in [0.1, 0.15) is 21.5 Å². The molecule has 20 heavy (non-hydrogen) atoms. The maximum atomic E-state index is 13.2. The van der Waals surface area contributed by atoms with Crippen molar-refractivity contribution in [2.45, 2.75) is 5.33 Å². The lowest BCUT2D eigenvalue weighted by Gasteiger charge is -2.08. The van der Waals surface area contributed by atoms with Gasteiger partial charge in [-0.25, -0.2) is 8.78 Å². The molecular weight excluding hydrogens is 330 g/mol. The summed E-state index contributed by atoms with van der Waals surface area (Å²) in [6.45, 7) is 0. The van der Waals surface area contributed by atoms with Crippen LogP contribution in [0.4, 0.5) is 8.78 Å². The minimum Gasteiger partial charge on any atom is -0.496 e. The van der Waals surface area contributed by atoms with Crippen LogP contribution >= 0.6 is 15.9 Å². The van der Waals surface area contributed by atoms with Gasteiger partial charge in [0.05, 0.1) is 7.11 Å². The number of rotatable bonds is 4. The number of ketones is 1. The summed E-state index contributed by atoms with van der Waals surface area (Å²) in [4.78, 5) is 12.2. The standard InChI is InChI=1S/C15H11BrF2O2/c1-20-14-7-10(2-3-11(14)8-16)15(19)9-4-5-12(17)13(18)6-9/h2-7H,8H2,1H3.